The highest BCUT2D eigenvalue weighted by atomic mass is 32.2. The summed E-state index contributed by atoms with van der Waals surface area (Å²) in [5.41, 5.74) is -1.09. The lowest BCUT2D eigenvalue weighted by Crippen LogP contribution is -2.25. The number of rotatable bonds is 3. The first kappa shape index (κ1) is 11.6. The molecule has 0 saturated heterocycles. The van der Waals surface area contributed by atoms with Gasteiger partial charge in [0, 0.05) is 0 Å². The average Bonchev–Trinajstić information content (AvgIpc) is 2.51. The third kappa shape index (κ3) is 2.31. The molecule has 5 nitrogen and oxygen atoms in total. The Bertz CT molecular complexity index is 421. The molecular weight excluding hydrogens is 226 g/mol. The number of aliphatic hydroxyl groups excluding tert-OH is 1. The SMILES string of the molecule is C[C@@](O)(CO)c1csc(S(N)(=O)=O)c1. The zero-order chi connectivity index (χ0) is 11.0. The first-order valence-corrected chi connectivity index (χ1v) is 6.15. The van der Waals surface area contributed by atoms with Gasteiger partial charge in [-0.3, -0.25) is 0 Å². The fraction of sp³-hybridized carbons (Fsp3) is 0.429. The van der Waals surface area contributed by atoms with Gasteiger partial charge >= 0.3 is 0 Å². The molecule has 7 heteroatoms. The third-order valence-electron chi connectivity index (χ3n) is 1.79. The molecule has 1 atom stereocenters. The molecular formula is C7H11NO4S2. The second kappa shape index (κ2) is 3.59. The summed E-state index contributed by atoms with van der Waals surface area (Å²) in [6.45, 7) is 0.912. The van der Waals surface area contributed by atoms with Crippen LogP contribution in [0.2, 0.25) is 0 Å². The lowest BCUT2D eigenvalue weighted by Gasteiger charge is -2.18. The van der Waals surface area contributed by atoms with Crippen LogP contribution in [0.5, 0.6) is 0 Å². The lowest BCUT2D eigenvalue weighted by atomic mass is 10.0. The molecule has 0 unspecified atom stereocenters. The van der Waals surface area contributed by atoms with E-state index in [1.54, 1.807) is 0 Å². The molecule has 0 aromatic carbocycles. The summed E-state index contributed by atoms with van der Waals surface area (Å²) in [5.74, 6) is 0. The van der Waals surface area contributed by atoms with Crippen molar-refractivity contribution in [2.24, 2.45) is 5.14 Å². The monoisotopic (exact) mass is 237 g/mol. The van der Waals surface area contributed by atoms with Gasteiger partial charge in [0.15, 0.2) is 0 Å². The molecule has 80 valence electrons. The van der Waals surface area contributed by atoms with Crippen molar-refractivity contribution in [2.45, 2.75) is 16.7 Å². The van der Waals surface area contributed by atoms with Gasteiger partial charge in [0.1, 0.15) is 9.81 Å². The first-order valence-electron chi connectivity index (χ1n) is 3.72. The van der Waals surface area contributed by atoms with Crippen molar-refractivity contribution in [2.75, 3.05) is 6.61 Å². The highest BCUT2D eigenvalue weighted by molar-refractivity contribution is 7.91. The van der Waals surface area contributed by atoms with Gasteiger partial charge in [-0.05, 0) is 23.9 Å². The Labute approximate surface area is 85.9 Å². The highest BCUT2D eigenvalue weighted by Crippen LogP contribution is 2.27. The normalized spacial score (nSPS) is 16.6. The minimum absolute atomic E-state index is 0.0266. The molecule has 14 heavy (non-hydrogen) atoms. The van der Waals surface area contributed by atoms with Gasteiger partial charge in [0.2, 0.25) is 10.0 Å². The van der Waals surface area contributed by atoms with Crippen LogP contribution in [-0.4, -0.2) is 25.2 Å². The number of primary sulfonamides is 1. The number of thiophene rings is 1. The van der Waals surface area contributed by atoms with E-state index >= 15 is 0 Å². The molecule has 1 heterocycles. The zero-order valence-corrected chi connectivity index (χ0v) is 9.10. The Morgan fingerprint density at radius 3 is 2.57 bits per heavy atom. The molecule has 1 aromatic rings. The highest BCUT2D eigenvalue weighted by Gasteiger charge is 2.25. The van der Waals surface area contributed by atoms with E-state index in [0.29, 0.717) is 5.56 Å². The van der Waals surface area contributed by atoms with E-state index in [9.17, 15) is 13.5 Å². The third-order valence-corrected chi connectivity index (χ3v) is 4.17. The zero-order valence-electron chi connectivity index (χ0n) is 7.47. The summed E-state index contributed by atoms with van der Waals surface area (Å²) in [7, 11) is -3.72. The number of sulfonamides is 1. The van der Waals surface area contributed by atoms with Crippen molar-refractivity contribution in [1.82, 2.24) is 0 Å². The Hall–Kier alpha value is -0.470. The molecule has 0 aliphatic carbocycles. The fourth-order valence-electron chi connectivity index (χ4n) is 0.839. The van der Waals surface area contributed by atoms with Crippen molar-refractivity contribution in [3.63, 3.8) is 0 Å². The maximum absolute atomic E-state index is 10.9. The topological polar surface area (TPSA) is 101 Å². The summed E-state index contributed by atoms with van der Waals surface area (Å²) in [4.78, 5) is 0. The Balaban J connectivity index is 3.13. The predicted octanol–water partition coefficient (Wildman–Crippen LogP) is -0.405. The maximum Gasteiger partial charge on any atom is 0.247 e. The van der Waals surface area contributed by atoms with Crippen LogP contribution in [0, 0.1) is 0 Å². The van der Waals surface area contributed by atoms with Crippen LogP contribution in [0.15, 0.2) is 15.7 Å². The van der Waals surface area contributed by atoms with E-state index in [2.05, 4.69) is 0 Å². The van der Waals surface area contributed by atoms with Gasteiger partial charge in [-0.25, -0.2) is 13.6 Å². The van der Waals surface area contributed by atoms with Crippen LogP contribution in [0.25, 0.3) is 0 Å². The summed E-state index contributed by atoms with van der Waals surface area (Å²) >= 11 is 0.915. The smallest absolute Gasteiger partial charge is 0.247 e. The minimum Gasteiger partial charge on any atom is -0.393 e. The molecule has 0 bridgehead atoms. The summed E-state index contributed by atoms with van der Waals surface area (Å²) < 4.78 is 21.8. The summed E-state index contributed by atoms with van der Waals surface area (Å²) in [6, 6.07) is 1.26. The molecule has 1 aromatic heterocycles. The minimum atomic E-state index is -3.72. The molecule has 4 N–H and O–H groups in total. The number of hydrogen-bond acceptors (Lipinski definition) is 5. The summed E-state index contributed by atoms with van der Waals surface area (Å²) in [5, 5.41) is 24.8. The number of hydrogen-bond donors (Lipinski definition) is 3. The molecule has 0 aliphatic heterocycles. The van der Waals surface area contributed by atoms with Gasteiger partial charge in [0.25, 0.3) is 0 Å². The van der Waals surface area contributed by atoms with E-state index in [4.69, 9.17) is 10.2 Å². The standard InChI is InChI=1S/C7H11NO4S2/c1-7(10,4-9)5-2-6(13-3-5)14(8,11)12/h2-3,9-10H,4H2,1H3,(H2,8,11,12)/t7-/m1/s1. The molecule has 0 fully saturated rings. The van der Waals surface area contributed by atoms with Gasteiger partial charge in [-0.2, -0.15) is 0 Å². The summed E-state index contributed by atoms with van der Waals surface area (Å²) in [6.07, 6.45) is 0. The number of nitrogens with two attached hydrogens (primary N) is 1. The van der Waals surface area contributed by atoms with Crippen molar-refractivity contribution in [1.29, 1.82) is 0 Å². The van der Waals surface area contributed by atoms with Crippen molar-refractivity contribution < 1.29 is 18.6 Å². The molecule has 0 saturated carbocycles. The van der Waals surface area contributed by atoms with Crippen LogP contribution in [0.1, 0.15) is 12.5 Å². The number of aliphatic hydroxyl groups is 2. The maximum atomic E-state index is 10.9. The lowest BCUT2D eigenvalue weighted by molar-refractivity contribution is -0.00203. The van der Waals surface area contributed by atoms with Gasteiger partial charge < -0.3 is 10.2 Å². The molecule has 0 spiro atoms. The second-order valence-corrected chi connectivity index (χ2v) is 5.83. The largest absolute Gasteiger partial charge is 0.393 e. The molecule has 0 amide bonds. The van der Waals surface area contributed by atoms with Gasteiger partial charge in [-0.15, -0.1) is 11.3 Å². The molecule has 0 aliphatic rings. The van der Waals surface area contributed by atoms with Crippen molar-refractivity contribution >= 4 is 21.4 Å². The fourth-order valence-corrected chi connectivity index (χ4v) is 2.57. The second-order valence-electron chi connectivity index (χ2n) is 3.13. The van der Waals surface area contributed by atoms with E-state index in [0.717, 1.165) is 11.3 Å². The van der Waals surface area contributed by atoms with Crippen LogP contribution >= 0.6 is 11.3 Å². The van der Waals surface area contributed by atoms with Crippen LogP contribution < -0.4 is 5.14 Å². The van der Waals surface area contributed by atoms with Crippen LogP contribution in [-0.2, 0) is 15.6 Å². The quantitative estimate of drug-likeness (QED) is 0.665. The average molecular weight is 237 g/mol. The Morgan fingerprint density at radius 1 is 1.64 bits per heavy atom. The molecule has 1 rings (SSSR count). The molecule has 0 radical (unpaired) electrons. The Kier molecular flexibility index (Phi) is 2.98. The van der Waals surface area contributed by atoms with E-state index in [1.165, 1.54) is 18.4 Å². The van der Waals surface area contributed by atoms with Crippen molar-refractivity contribution in [3.8, 4) is 0 Å². The Morgan fingerprint density at radius 2 is 2.21 bits per heavy atom. The predicted molar refractivity (Wildman–Crippen MR) is 52.3 cm³/mol. The van der Waals surface area contributed by atoms with Crippen molar-refractivity contribution in [3.05, 3.63) is 17.0 Å². The van der Waals surface area contributed by atoms with E-state index in [1.807, 2.05) is 0 Å². The van der Waals surface area contributed by atoms with Crippen LogP contribution in [0.4, 0.5) is 0 Å². The van der Waals surface area contributed by atoms with Gasteiger partial charge in [0.05, 0.1) is 6.61 Å². The van der Waals surface area contributed by atoms with Gasteiger partial charge in [-0.1, -0.05) is 0 Å². The van der Waals surface area contributed by atoms with Crippen LogP contribution in [0.3, 0.4) is 0 Å². The first-order chi connectivity index (χ1) is 6.27. The van der Waals surface area contributed by atoms with E-state index < -0.39 is 22.2 Å². The van der Waals surface area contributed by atoms with E-state index in [-0.39, 0.29) is 4.21 Å².